The summed E-state index contributed by atoms with van der Waals surface area (Å²) in [6.45, 7) is -1.11. The first kappa shape index (κ1) is 29.8. The van der Waals surface area contributed by atoms with Gasteiger partial charge in [0.15, 0.2) is 23.2 Å². The van der Waals surface area contributed by atoms with Crippen molar-refractivity contribution in [3.8, 4) is 0 Å². The number of rotatable bonds is 13. The van der Waals surface area contributed by atoms with Crippen LogP contribution >= 0.6 is 19.2 Å². The monoisotopic (exact) mass is 595 g/mol. The van der Waals surface area contributed by atoms with Gasteiger partial charge < -0.3 is 44.1 Å². The van der Waals surface area contributed by atoms with E-state index in [2.05, 4.69) is 34.3 Å². The second-order valence-electron chi connectivity index (χ2n) is 8.96. The number of nitrogens with one attached hydrogen (secondary N) is 1. The molecule has 1 saturated heterocycles. The molecule has 1 aliphatic heterocycles. The quantitative estimate of drug-likeness (QED) is 0.0848. The Balaban J connectivity index is 1.31. The molecule has 218 valence electrons. The Hall–Kier alpha value is -2.14. The largest absolute Gasteiger partial charge is 0.510 e. The molecule has 16 nitrogen and oxygen atoms in total. The predicted molar refractivity (Wildman–Crippen MR) is 133 cm³/mol. The van der Waals surface area contributed by atoms with E-state index in [1.807, 2.05) is 0 Å². The Morgan fingerprint density at radius 1 is 1.23 bits per heavy atom. The third-order valence-electron chi connectivity index (χ3n) is 6.18. The van der Waals surface area contributed by atoms with Crippen LogP contribution in [0, 0.1) is 0 Å². The number of methoxy groups -OCH3 is 1. The lowest BCUT2D eigenvalue weighted by atomic mass is 10.1. The summed E-state index contributed by atoms with van der Waals surface area (Å²) in [7, 11) is -2.90. The number of ether oxygens (including phenoxy) is 5. The molecule has 2 aliphatic rings. The third-order valence-corrected chi connectivity index (χ3v) is 7.36. The Morgan fingerprint density at radius 3 is 2.74 bits per heavy atom. The van der Waals surface area contributed by atoms with Gasteiger partial charge in [-0.05, 0) is 24.4 Å². The van der Waals surface area contributed by atoms with Gasteiger partial charge in [-0.25, -0.2) is 9.78 Å². The van der Waals surface area contributed by atoms with E-state index >= 15 is 0 Å². The van der Waals surface area contributed by atoms with Crippen LogP contribution in [-0.4, -0.2) is 105 Å². The second-order valence-corrected chi connectivity index (χ2v) is 11.1. The van der Waals surface area contributed by atoms with Crippen molar-refractivity contribution in [3.05, 3.63) is 11.6 Å². The van der Waals surface area contributed by atoms with E-state index in [1.54, 1.807) is 0 Å². The van der Waals surface area contributed by atoms with Crippen molar-refractivity contribution in [2.45, 2.75) is 56.3 Å². The molecule has 0 spiro atoms. The van der Waals surface area contributed by atoms with Crippen molar-refractivity contribution in [1.29, 1.82) is 0 Å². The normalized spacial score (nSPS) is 25.2. The summed E-state index contributed by atoms with van der Waals surface area (Å²) < 4.78 is 43.0. The van der Waals surface area contributed by atoms with Crippen molar-refractivity contribution >= 4 is 42.3 Å². The van der Waals surface area contributed by atoms with E-state index in [0.29, 0.717) is 17.0 Å². The van der Waals surface area contributed by atoms with Gasteiger partial charge in [0.2, 0.25) is 12.1 Å². The zero-order valence-corrected chi connectivity index (χ0v) is 22.7. The maximum atomic E-state index is 12.1. The minimum absolute atomic E-state index is 0.0245. The zero-order chi connectivity index (χ0) is 28.0. The molecule has 1 saturated carbocycles. The van der Waals surface area contributed by atoms with Crippen LogP contribution in [0.25, 0.3) is 11.2 Å². The average molecular weight is 596 g/mol. The van der Waals surface area contributed by atoms with E-state index in [4.69, 9.17) is 25.8 Å². The standard InChI is InChI=1S/C21H31ClN5O11P/c1-33-6-7-35-21(30)36-10-37-39(31,32)11-34-8-13-15(28)16(29)19(38-13)27-9-23-14-17(24-12-4-2-3-5-12)25-20(22)26-18(14)27/h9,12-13,15-16,19,28-29H,2-8,10-11H2,1H3,(H,31,32)(H,24,25,26)/t13-,15-,16-,19-/m1/s1. The smallest absolute Gasteiger partial charge is 0.432 e. The van der Waals surface area contributed by atoms with Gasteiger partial charge in [-0.15, -0.1) is 0 Å². The summed E-state index contributed by atoms with van der Waals surface area (Å²) in [5.41, 5.74) is 0.724. The molecule has 0 bridgehead atoms. The lowest BCUT2D eigenvalue weighted by molar-refractivity contribution is -0.0625. The number of aromatic nitrogens is 4. The Labute approximate surface area is 228 Å². The molecule has 4 rings (SSSR count). The summed E-state index contributed by atoms with van der Waals surface area (Å²) in [4.78, 5) is 34.0. The number of fused-ring (bicyclic) bond motifs is 1. The van der Waals surface area contributed by atoms with Crippen molar-refractivity contribution in [2.75, 3.05) is 45.4 Å². The topological polar surface area (TPSA) is 206 Å². The van der Waals surface area contributed by atoms with Gasteiger partial charge >= 0.3 is 13.8 Å². The van der Waals surface area contributed by atoms with Gasteiger partial charge in [0.05, 0.1) is 19.5 Å². The Kier molecular flexibility index (Phi) is 10.3. The number of aliphatic hydroxyl groups is 2. The maximum Gasteiger partial charge on any atom is 0.510 e. The first-order chi connectivity index (χ1) is 18.7. The number of carbonyl (C=O) groups is 1. The number of hydrogen-bond acceptors (Lipinski definition) is 14. The van der Waals surface area contributed by atoms with Crippen molar-refractivity contribution < 1.29 is 52.7 Å². The number of imidazole rings is 1. The molecule has 1 aliphatic carbocycles. The highest BCUT2D eigenvalue weighted by Crippen LogP contribution is 2.42. The summed E-state index contributed by atoms with van der Waals surface area (Å²) in [5, 5.41) is 24.5. The van der Waals surface area contributed by atoms with Gasteiger partial charge in [0, 0.05) is 13.2 Å². The molecule has 0 amide bonds. The average Bonchev–Trinajstić information content (AvgIpc) is 3.61. The summed E-state index contributed by atoms with van der Waals surface area (Å²) in [6, 6.07) is 0.244. The molecule has 39 heavy (non-hydrogen) atoms. The molecule has 2 fully saturated rings. The van der Waals surface area contributed by atoms with E-state index in [0.717, 1.165) is 25.7 Å². The van der Waals surface area contributed by atoms with Crippen LogP contribution in [0.2, 0.25) is 5.28 Å². The maximum absolute atomic E-state index is 12.1. The molecule has 0 aromatic carbocycles. The molecule has 4 N–H and O–H groups in total. The summed E-state index contributed by atoms with van der Waals surface area (Å²) in [6.07, 6.45) is -1.22. The van der Waals surface area contributed by atoms with Gasteiger partial charge in [-0.1, -0.05) is 12.8 Å². The van der Waals surface area contributed by atoms with Crippen LogP contribution < -0.4 is 5.32 Å². The fraction of sp³-hybridized carbons (Fsp3) is 0.714. The number of aliphatic hydroxyl groups excluding tert-OH is 2. The van der Waals surface area contributed by atoms with E-state index < -0.39 is 51.4 Å². The first-order valence-corrected chi connectivity index (χ1v) is 14.3. The molecule has 0 radical (unpaired) electrons. The van der Waals surface area contributed by atoms with Crippen molar-refractivity contribution in [2.24, 2.45) is 0 Å². The number of anilines is 1. The minimum atomic E-state index is -4.33. The molecule has 18 heteroatoms. The highest BCUT2D eigenvalue weighted by atomic mass is 35.5. The summed E-state index contributed by atoms with van der Waals surface area (Å²) >= 11 is 6.15. The van der Waals surface area contributed by atoms with Crippen LogP contribution in [-0.2, 0) is 32.8 Å². The first-order valence-electron chi connectivity index (χ1n) is 12.2. The summed E-state index contributed by atoms with van der Waals surface area (Å²) in [5.74, 6) is 0.467. The number of halogens is 1. The highest BCUT2D eigenvalue weighted by Gasteiger charge is 2.44. The van der Waals surface area contributed by atoms with Crippen LogP contribution in [0.1, 0.15) is 31.9 Å². The molecular weight excluding hydrogens is 565 g/mol. The van der Waals surface area contributed by atoms with E-state index in [-0.39, 0.29) is 31.1 Å². The third kappa shape index (κ3) is 7.74. The van der Waals surface area contributed by atoms with Crippen LogP contribution in [0.4, 0.5) is 10.6 Å². The van der Waals surface area contributed by atoms with Crippen LogP contribution in [0.3, 0.4) is 0 Å². The van der Waals surface area contributed by atoms with Crippen LogP contribution in [0.15, 0.2) is 6.33 Å². The zero-order valence-electron chi connectivity index (χ0n) is 21.0. The number of carbonyl (C=O) groups excluding carboxylic acids is 1. The molecular formula is C21H31ClN5O11P. The molecule has 5 atom stereocenters. The lowest BCUT2D eigenvalue weighted by Gasteiger charge is -2.17. The fourth-order valence-electron chi connectivity index (χ4n) is 4.27. The Morgan fingerprint density at radius 2 is 2.00 bits per heavy atom. The second kappa shape index (κ2) is 13.5. The van der Waals surface area contributed by atoms with Gasteiger partial charge in [0.1, 0.15) is 31.3 Å². The van der Waals surface area contributed by atoms with Crippen LogP contribution in [0.5, 0.6) is 0 Å². The SMILES string of the molecule is COCCOC(=O)OCOP(=O)(O)COC[C@H]1O[C@@H](n2cnc3c(NC4CCCC4)nc(Cl)nc32)[C@H](O)[C@@H]1O. The fourth-order valence-corrected chi connectivity index (χ4v) is 5.06. The van der Waals surface area contributed by atoms with E-state index in [1.165, 1.54) is 18.0 Å². The molecule has 1 unspecified atom stereocenters. The van der Waals surface area contributed by atoms with Crippen molar-refractivity contribution in [1.82, 2.24) is 19.5 Å². The molecule has 2 aromatic rings. The van der Waals surface area contributed by atoms with Gasteiger partial charge in [-0.3, -0.25) is 13.7 Å². The molecule has 3 heterocycles. The predicted octanol–water partition coefficient (Wildman–Crippen LogP) is 1.39. The number of hydrogen-bond donors (Lipinski definition) is 4. The minimum Gasteiger partial charge on any atom is -0.432 e. The molecule has 2 aromatic heterocycles. The van der Waals surface area contributed by atoms with Crippen molar-refractivity contribution in [3.63, 3.8) is 0 Å². The lowest BCUT2D eigenvalue weighted by Crippen LogP contribution is -2.34. The van der Waals surface area contributed by atoms with E-state index in [9.17, 15) is 24.5 Å². The Bertz CT molecular complexity index is 1170. The highest BCUT2D eigenvalue weighted by molar-refractivity contribution is 7.52. The van der Waals surface area contributed by atoms with Gasteiger partial charge in [0.25, 0.3) is 0 Å². The number of nitrogens with zero attached hydrogens (tertiary/aromatic N) is 4. The van der Waals surface area contributed by atoms with Gasteiger partial charge in [-0.2, -0.15) is 9.97 Å².